The molecule has 128 valence electrons. The molecule has 4 heterocycles. The highest BCUT2D eigenvalue weighted by Crippen LogP contribution is 2.26. The average molecular weight is 355 g/mol. The van der Waals surface area contributed by atoms with Gasteiger partial charge in [-0.15, -0.1) is 5.10 Å². The van der Waals surface area contributed by atoms with E-state index in [0.717, 1.165) is 30.5 Å². The fraction of sp³-hybridized carbons (Fsp3) is 0.353. The lowest BCUT2D eigenvalue weighted by molar-refractivity contribution is 0.0941. The van der Waals surface area contributed by atoms with Crippen molar-refractivity contribution < 1.29 is 4.74 Å². The second-order valence-electron chi connectivity index (χ2n) is 5.98. The first kappa shape index (κ1) is 16.0. The number of H-pyrrole nitrogens is 1. The van der Waals surface area contributed by atoms with Crippen molar-refractivity contribution in [3.63, 3.8) is 0 Å². The van der Waals surface area contributed by atoms with Gasteiger partial charge in [-0.2, -0.15) is 5.26 Å². The van der Waals surface area contributed by atoms with Crippen LogP contribution in [0, 0.1) is 11.3 Å². The number of rotatable bonds is 5. The summed E-state index contributed by atoms with van der Waals surface area (Å²) < 4.78 is 9.19. The first-order chi connectivity index (χ1) is 12.3. The zero-order valence-electron chi connectivity index (χ0n) is 13.5. The number of hydrogen-bond donors (Lipinski definition) is 1. The van der Waals surface area contributed by atoms with Gasteiger partial charge in [-0.1, -0.05) is 17.8 Å². The standard InChI is InChI=1S/C17H17N5O2S/c18-8-14-12(9-21-6-2-1-5-15(14)21)11-25-17-20-19-16(23)22(17)10-13-4-3-7-24-13/h1-2,5-6,9,13H,3-4,7,10-11H2,(H,19,23). The topological polar surface area (TPSA) is 88.1 Å². The van der Waals surface area contributed by atoms with Gasteiger partial charge in [0.1, 0.15) is 6.07 Å². The number of aromatic amines is 1. The van der Waals surface area contributed by atoms with Crippen LogP contribution in [0.4, 0.5) is 0 Å². The summed E-state index contributed by atoms with van der Waals surface area (Å²) in [4.78, 5) is 12.0. The fourth-order valence-electron chi connectivity index (χ4n) is 3.12. The minimum atomic E-state index is -0.222. The number of nitrogens with zero attached hydrogens (tertiary/aromatic N) is 4. The average Bonchev–Trinajstić information content (AvgIpc) is 3.34. The number of nitrogens with one attached hydrogen (secondary N) is 1. The minimum absolute atomic E-state index is 0.0707. The fourth-order valence-corrected chi connectivity index (χ4v) is 4.05. The Morgan fingerprint density at radius 3 is 3.20 bits per heavy atom. The van der Waals surface area contributed by atoms with Crippen LogP contribution in [0.15, 0.2) is 40.5 Å². The van der Waals surface area contributed by atoms with Crippen LogP contribution in [0.5, 0.6) is 0 Å². The summed E-state index contributed by atoms with van der Waals surface area (Å²) in [7, 11) is 0. The molecule has 1 fully saturated rings. The molecule has 8 heteroatoms. The summed E-state index contributed by atoms with van der Waals surface area (Å²) in [5, 5.41) is 16.7. The van der Waals surface area contributed by atoms with E-state index in [1.54, 1.807) is 4.57 Å². The molecule has 25 heavy (non-hydrogen) atoms. The molecule has 3 aromatic heterocycles. The molecule has 7 nitrogen and oxygen atoms in total. The third-order valence-electron chi connectivity index (χ3n) is 4.36. The molecule has 0 saturated carbocycles. The summed E-state index contributed by atoms with van der Waals surface area (Å²) in [5.41, 5.74) is 2.26. The molecule has 1 N–H and O–H groups in total. The van der Waals surface area contributed by atoms with Crippen LogP contribution in [-0.4, -0.2) is 31.9 Å². The summed E-state index contributed by atoms with van der Waals surface area (Å²) in [6.45, 7) is 1.27. The summed E-state index contributed by atoms with van der Waals surface area (Å²) in [5.74, 6) is 0.570. The molecule has 0 spiro atoms. The Kier molecular flexibility index (Phi) is 4.34. The van der Waals surface area contributed by atoms with E-state index in [4.69, 9.17) is 4.74 Å². The molecule has 3 aromatic rings. The highest BCUT2D eigenvalue weighted by Gasteiger charge is 2.20. The molecule has 0 aliphatic carbocycles. The monoisotopic (exact) mass is 355 g/mol. The van der Waals surface area contributed by atoms with Crippen molar-refractivity contribution >= 4 is 17.3 Å². The van der Waals surface area contributed by atoms with E-state index in [1.165, 1.54) is 11.8 Å². The van der Waals surface area contributed by atoms with Crippen LogP contribution in [-0.2, 0) is 17.0 Å². The molecule has 1 aliphatic rings. The van der Waals surface area contributed by atoms with Gasteiger partial charge >= 0.3 is 5.69 Å². The van der Waals surface area contributed by atoms with Gasteiger partial charge in [0, 0.05) is 24.8 Å². The molecule has 0 aromatic carbocycles. The maximum Gasteiger partial charge on any atom is 0.344 e. The van der Waals surface area contributed by atoms with Crippen molar-refractivity contribution in [2.45, 2.75) is 36.4 Å². The Labute approximate surface area is 148 Å². The summed E-state index contributed by atoms with van der Waals surface area (Å²) >= 11 is 1.45. The van der Waals surface area contributed by atoms with Crippen molar-refractivity contribution in [3.05, 3.63) is 52.2 Å². The second kappa shape index (κ2) is 6.78. The number of pyridine rings is 1. The van der Waals surface area contributed by atoms with Crippen molar-refractivity contribution in [3.8, 4) is 6.07 Å². The van der Waals surface area contributed by atoms with Crippen molar-refractivity contribution in [1.82, 2.24) is 19.2 Å². The van der Waals surface area contributed by atoms with Crippen LogP contribution < -0.4 is 5.69 Å². The van der Waals surface area contributed by atoms with Crippen molar-refractivity contribution in [2.24, 2.45) is 0 Å². The van der Waals surface area contributed by atoms with Crippen molar-refractivity contribution in [1.29, 1.82) is 5.26 Å². The predicted molar refractivity (Wildman–Crippen MR) is 93.5 cm³/mol. The Morgan fingerprint density at radius 1 is 1.48 bits per heavy atom. The minimum Gasteiger partial charge on any atom is -0.376 e. The molecule has 0 bridgehead atoms. The molecule has 1 saturated heterocycles. The van der Waals surface area contributed by atoms with Crippen LogP contribution >= 0.6 is 11.8 Å². The highest BCUT2D eigenvalue weighted by molar-refractivity contribution is 7.98. The molecule has 1 unspecified atom stereocenters. The molecular formula is C17H17N5O2S. The Morgan fingerprint density at radius 2 is 2.40 bits per heavy atom. The number of nitriles is 1. The van der Waals surface area contributed by atoms with E-state index < -0.39 is 0 Å². The lowest BCUT2D eigenvalue weighted by Gasteiger charge is -2.10. The number of aromatic nitrogens is 4. The lowest BCUT2D eigenvalue weighted by atomic mass is 10.2. The van der Waals surface area contributed by atoms with E-state index in [-0.39, 0.29) is 11.8 Å². The van der Waals surface area contributed by atoms with Gasteiger partial charge in [0.25, 0.3) is 0 Å². The Bertz CT molecular complexity index is 991. The zero-order chi connectivity index (χ0) is 17.2. The largest absolute Gasteiger partial charge is 0.376 e. The molecule has 0 radical (unpaired) electrons. The highest BCUT2D eigenvalue weighted by atomic mass is 32.2. The van der Waals surface area contributed by atoms with Gasteiger partial charge in [0.15, 0.2) is 5.16 Å². The first-order valence-corrected chi connectivity index (χ1v) is 9.13. The van der Waals surface area contributed by atoms with E-state index in [1.807, 2.05) is 35.0 Å². The van der Waals surface area contributed by atoms with E-state index in [0.29, 0.717) is 23.0 Å². The van der Waals surface area contributed by atoms with E-state index >= 15 is 0 Å². The third-order valence-corrected chi connectivity index (χ3v) is 5.39. The van der Waals surface area contributed by atoms with Crippen LogP contribution in [0.25, 0.3) is 5.52 Å². The summed E-state index contributed by atoms with van der Waals surface area (Å²) in [6.07, 6.45) is 5.94. The van der Waals surface area contributed by atoms with Crippen LogP contribution in [0.2, 0.25) is 0 Å². The maximum atomic E-state index is 12.0. The third kappa shape index (κ3) is 3.08. The SMILES string of the molecule is N#Cc1c(CSc2n[nH]c(=O)n2CC2CCCO2)cn2ccccc12. The number of fused-ring (bicyclic) bond motifs is 1. The van der Waals surface area contributed by atoms with E-state index in [9.17, 15) is 10.1 Å². The van der Waals surface area contributed by atoms with Crippen LogP contribution in [0.1, 0.15) is 24.0 Å². The van der Waals surface area contributed by atoms with Gasteiger partial charge in [-0.25, -0.2) is 9.89 Å². The zero-order valence-corrected chi connectivity index (χ0v) is 14.3. The number of ether oxygens (including phenoxy) is 1. The summed E-state index contributed by atoms with van der Waals surface area (Å²) in [6, 6.07) is 8.05. The van der Waals surface area contributed by atoms with Gasteiger partial charge in [0.05, 0.1) is 23.7 Å². The van der Waals surface area contributed by atoms with Gasteiger partial charge in [-0.3, -0.25) is 4.57 Å². The maximum absolute atomic E-state index is 12.0. The molecule has 1 atom stereocenters. The normalized spacial score (nSPS) is 17.2. The molecule has 0 amide bonds. The Hall–Kier alpha value is -2.50. The van der Waals surface area contributed by atoms with Gasteiger partial charge in [-0.05, 0) is 30.5 Å². The second-order valence-corrected chi connectivity index (χ2v) is 6.92. The lowest BCUT2D eigenvalue weighted by Crippen LogP contribution is -2.24. The van der Waals surface area contributed by atoms with E-state index in [2.05, 4.69) is 16.3 Å². The van der Waals surface area contributed by atoms with Gasteiger partial charge in [0.2, 0.25) is 0 Å². The van der Waals surface area contributed by atoms with Gasteiger partial charge < -0.3 is 9.14 Å². The molecule has 4 rings (SSSR count). The Balaban J connectivity index is 1.56. The molecule has 1 aliphatic heterocycles. The quantitative estimate of drug-likeness (QED) is 0.709. The smallest absolute Gasteiger partial charge is 0.344 e. The number of hydrogen-bond acceptors (Lipinski definition) is 5. The molecular weight excluding hydrogens is 338 g/mol. The predicted octanol–water partition coefficient (Wildman–Crippen LogP) is 2.17. The van der Waals surface area contributed by atoms with Crippen molar-refractivity contribution in [2.75, 3.05) is 6.61 Å². The van der Waals surface area contributed by atoms with Crippen LogP contribution in [0.3, 0.4) is 0 Å². The first-order valence-electron chi connectivity index (χ1n) is 8.14. The number of thioether (sulfide) groups is 1.